The Hall–Kier alpha value is -4.67. The number of nitrogens with one attached hydrogen (secondary N) is 1. The summed E-state index contributed by atoms with van der Waals surface area (Å²) in [5, 5.41) is 23.1. The molecule has 1 aliphatic rings. The monoisotopic (exact) mass is 510 g/mol. The lowest BCUT2D eigenvalue weighted by atomic mass is 9.80. The number of hydrogen-bond acceptors (Lipinski definition) is 9. The number of carbonyl (C=O) groups excluding carboxylic acids is 2. The lowest BCUT2D eigenvalue weighted by Gasteiger charge is -2.30. The van der Waals surface area contributed by atoms with Crippen LogP contribution in [0.1, 0.15) is 30.9 Å². The minimum Gasteiger partial charge on any atom is -0.482 e. The molecule has 0 radical (unpaired) electrons. The number of hydrogen-bond donors (Lipinski definition) is 2. The SMILES string of the molecule is COC(=O)C1=C(C)NC(C)=C(C(=O)OCCc2ccc(OCC(=O)O)cc2)C1c1cccc([N+](=O)[O-])c1. The zero-order valence-corrected chi connectivity index (χ0v) is 20.5. The van der Waals surface area contributed by atoms with Crippen LogP contribution in [0.25, 0.3) is 0 Å². The molecule has 1 unspecified atom stereocenters. The van der Waals surface area contributed by atoms with Crippen molar-refractivity contribution in [1.82, 2.24) is 5.32 Å². The number of allylic oxidation sites excluding steroid dienone is 2. The Labute approximate surface area is 212 Å². The predicted octanol–water partition coefficient (Wildman–Crippen LogP) is 3.25. The highest BCUT2D eigenvalue weighted by Crippen LogP contribution is 2.40. The lowest BCUT2D eigenvalue weighted by Crippen LogP contribution is -2.32. The Morgan fingerprint density at radius 1 is 1.03 bits per heavy atom. The van der Waals surface area contributed by atoms with Gasteiger partial charge >= 0.3 is 17.9 Å². The van der Waals surface area contributed by atoms with Crippen molar-refractivity contribution in [1.29, 1.82) is 0 Å². The third-order valence-corrected chi connectivity index (χ3v) is 5.71. The van der Waals surface area contributed by atoms with Crippen LogP contribution >= 0.6 is 0 Å². The summed E-state index contributed by atoms with van der Waals surface area (Å²) in [6, 6.07) is 12.4. The minimum atomic E-state index is -1.08. The minimum absolute atomic E-state index is 0.0167. The van der Waals surface area contributed by atoms with Gasteiger partial charge in [0.25, 0.3) is 5.69 Å². The molecular formula is C26H26N2O9. The molecule has 2 aromatic carbocycles. The van der Waals surface area contributed by atoms with Crippen molar-refractivity contribution in [3.63, 3.8) is 0 Å². The number of carbonyl (C=O) groups is 3. The van der Waals surface area contributed by atoms with Gasteiger partial charge in [-0.15, -0.1) is 0 Å². The highest BCUT2D eigenvalue weighted by atomic mass is 16.6. The zero-order valence-electron chi connectivity index (χ0n) is 20.5. The van der Waals surface area contributed by atoms with E-state index in [9.17, 15) is 24.5 Å². The third-order valence-electron chi connectivity index (χ3n) is 5.71. The van der Waals surface area contributed by atoms with E-state index in [0.717, 1.165) is 5.56 Å². The second-order valence-electron chi connectivity index (χ2n) is 8.19. The summed E-state index contributed by atoms with van der Waals surface area (Å²) >= 11 is 0. The number of nitro groups is 1. The number of dihydropyridines is 1. The van der Waals surface area contributed by atoms with E-state index in [0.29, 0.717) is 29.1 Å². The molecule has 0 aliphatic carbocycles. The first-order valence-corrected chi connectivity index (χ1v) is 11.2. The zero-order chi connectivity index (χ0) is 27.1. The maximum Gasteiger partial charge on any atom is 0.341 e. The molecule has 2 N–H and O–H groups in total. The van der Waals surface area contributed by atoms with E-state index in [-0.39, 0.29) is 23.4 Å². The number of esters is 2. The molecule has 0 bridgehead atoms. The first-order chi connectivity index (χ1) is 17.6. The van der Waals surface area contributed by atoms with E-state index in [2.05, 4.69) is 5.32 Å². The lowest BCUT2D eigenvalue weighted by molar-refractivity contribution is -0.384. The average Bonchev–Trinajstić information content (AvgIpc) is 2.87. The number of nitro benzene ring substituents is 1. The number of benzene rings is 2. The number of carboxylic acids is 1. The van der Waals surface area contributed by atoms with Gasteiger partial charge in [-0.05, 0) is 37.1 Å². The third kappa shape index (κ3) is 6.51. The average molecular weight is 510 g/mol. The van der Waals surface area contributed by atoms with Crippen LogP contribution < -0.4 is 10.1 Å². The number of methoxy groups -OCH3 is 1. The van der Waals surface area contributed by atoms with E-state index in [1.807, 2.05) is 0 Å². The smallest absolute Gasteiger partial charge is 0.341 e. The van der Waals surface area contributed by atoms with E-state index >= 15 is 0 Å². The number of carboxylic acid groups (broad SMARTS) is 1. The quantitative estimate of drug-likeness (QED) is 0.276. The molecule has 11 heteroatoms. The highest BCUT2D eigenvalue weighted by molar-refractivity contribution is 5.99. The van der Waals surface area contributed by atoms with Crippen LogP contribution in [-0.2, 0) is 30.3 Å². The number of ether oxygens (including phenoxy) is 3. The van der Waals surface area contributed by atoms with Crippen LogP contribution in [0.4, 0.5) is 5.69 Å². The fraction of sp³-hybridized carbons (Fsp3) is 0.269. The maximum atomic E-state index is 13.3. The van der Waals surface area contributed by atoms with Crippen LogP contribution in [0.3, 0.4) is 0 Å². The van der Waals surface area contributed by atoms with Crippen molar-refractivity contribution in [2.24, 2.45) is 0 Å². The standard InChI is InChI=1S/C26H26N2O9/c1-15-22(25(31)35-3)24(18-5-4-6-19(13-18)28(33)34)23(16(2)27-15)26(32)36-12-11-17-7-9-20(10-8-17)37-14-21(29)30/h4-10,13,24,27H,11-12,14H2,1-3H3,(H,29,30). The number of non-ortho nitro benzene ring substituents is 1. The highest BCUT2D eigenvalue weighted by Gasteiger charge is 2.38. The second kappa shape index (κ2) is 11.8. The molecular weight excluding hydrogens is 484 g/mol. The Morgan fingerprint density at radius 2 is 1.68 bits per heavy atom. The van der Waals surface area contributed by atoms with Gasteiger partial charge in [-0.3, -0.25) is 10.1 Å². The first-order valence-electron chi connectivity index (χ1n) is 11.2. The van der Waals surface area contributed by atoms with Crippen LogP contribution in [0.5, 0.6) is 5.75 Å². The van der Waals surface area contributed by atoms with Gasteiger partial charge in [0.1, 0.15) is 5.75 Å². The fourth-order valence-electron chi connectivity index (χ4n) is 4.03. The number of nitrogens with zero attached hydrogens (tertiary/aromatic N) is 1. The van der Waals surface area contributed by atoms with E-state index < -0.39 is 35.4 Å². The van der Waals surface area contributed by atoms with Gasteiger partial charge < -0.3 is 24.6 Å². The van der Waals surface area contributed by atoms with Crippen LogP contribution in [0, 0.1) is 10.1 Å². The number of rotatable bonds is 10. The van der Waals surface area contributed by atoms with E-state index in [1.165, 1.54) is 25.3 Å². The van der Waals surface area contributed by atoms with Gasteiger partial charge in [-0.25, -0.2) is 14.4 Å². The molecule has 0 fully saturated rings. The second-order valence-corrected chi connectivity index (χ2v) is 8.19. The molecule has 194 valence electrons. The molecule has 1 atom stereocenters. The molecule has 0 spiro atoms. The van der Waals surface area contributed by atoms with Crippen molar-refractivity contribution in [3.05, 3.63) is 92.3 Å². The molecule has 37 heavy (non-hydrogen) atoms. The van der Waals surface area contributed by atoms with Crippen molar-refractivity contribution in [2.75, 3.05) is 20.3 Å². The molecule has 0 amide bonds. The van der Waals surface area contributed by atoms with Crippen molar-refractivity contribution < 1.29 is 38.6 Å². The molecule has 0 aromatic heterocycles. The van der Waals surface area contributed by atoms with Crippen LogP contribution in [0.15, 0.2) is 71.1 Å². The van der Waals surface area contributed by atoms with E-state index in [4.69, 9.17) is 19.3 Å². The summed E-state index contributed by atoms with van der Waals surface area (Å²) in [4.78, 5) is 47.4. The van der Waals surface area contributed by atoms with E-state index in [1.54, 1.807) is 44.2 Å². The summed E-state index contributed by atoms with van der Waals surface area (Å²) in [7, 11) is 1.22. The Morgan fingerprint density at radius 3 is 2.27 bits per heavy atom. The largest absolute Gasteiger partial charge is 0.482 e. The Kier molecular flexibility index (Phi) is 8.62. The van der Waals surface area contributed by atoms with Gasteiger partial charge in [-0.2, -0.15) is 0 Å². The van der Waals surface area contributed by atoms with Gasteiger partial charge in [0.15, 0.2) is 6.61 Å². The van der Waals surface area contributed by atoms with Crippen LogP contribution in [0.2, 0.25) is 0 Å². The molecule has 3 rings (SSSR count). The summed E-state index contributed by atoms with van der Waals surface area (Å²) in [5.41, 5.74) is 2.22. The van der Waals surface area contributed by atoms with Crippen molar-refractivity contribution >= 4 is 23.6 Å². The molecule has 1 heterocycles. The van der Waals surface area contributed by atoms with Gasteiger partial charge in [0, 0.05) is 29.9 Å². The molecule has 0 saturated heterocycles. The molecule has 1 aliphatic heterocycles. The fourth-order valence-corrected chi connectivity index (χ4v) is 4.03. The van der Waals surface area contributed by atoms with Crippen molar-refractivity contribution in [3.8, 4) is 5.75 Å². The molecule has 0 saturated carbocycles. The predicted molar refractivity (Wildman–Crippen MR) is 131 cm³/mol. The molecule has 11 nitrogen and oxygen atoms in total. The number of aliphatic carboxylic acids is 1. The summed E-state index contributed by atoms with van der Waals surface area (Å²) in [6.07, 6.45) is 0.366. The van der Waals surface area contributed by atoms with Gasteiger partial charge in [0.2, 0.25) is 0 Å². The first kappa shape index (κ1) is 26.9. The summed E-state index contributed by atoms with van der Waals surface area (Å²) in [5.74, 6) is -2.98. The topological polar surface area (TPSA) is 154 Å². The van der Waals surface area contributed by atoms with Gasteiger partial charge in [-0.1, -0.05) is 24.3 Å². The van der Waals surface area contributed by atoms with Crippen LogP contribution in [-0.4, -0.2) is 48.3 Å². The maximum absolute atomic E-state index is 13.3. The normalized spacial score (nSPS) is 15.1. The summed E-state index contributed by atoms with van der Waals surface area (Å²) < 4.78 is 15.6. The molecule has 2 aromatic rings. The Balaban J connectivity index is 1.82. The van der Waals surface area contributed by atoms with Crippen molar-refractivity contribution in [2.45, 2.75) is 26.2 Å². The Bertz CT molecular complexity index is 1280. The summed E-state index contributed by atoms with van der Waals surface area (Å²) in [6.45, 7) is 2.88. The van der Waals surface area contributed by atoms with Gasteiger partial charge in [0.05, 0.1) is 35.7 Å².